The summed E-state index contributed by atoms with van der Waals surface area (Å²) < 4.78 is 1.07. The van der Waals surface area contributed by atoms with Crippen molar-refractivity contribution in [2.45, 2.75) is 17.4 Å². The van der Waals surface area contributed by atoms with Crippen molar-refractivity contribution in [2.24, 2.45) is 5.84 Å². The third kappa shape index (κ3) is 5.16. The van der Waals surface area contributed by atoms with Crippen molar-refractivity contribution < 1.29 is 0 Å². The fraction of sp³-hybridized carbons (Fsp3) is 0.200. The van der Waals surface area contributed by atoms with Gasteiger partial charge in [-0.15, -0.1) is 11.8 Å². The van der Waals surface area contributed by atoms with E-state index in [2.05, 4.69) is 33.5 Å². The molecule has 3 N–H and O–H groups in total. The van der Waals surface area contributed by atoms with Crippen LogP contribution < -0.4 is 11.3 Å². The maximum absolute atomic E-state index is 6.20. The molecule has 0 saturated heterocycles. The molecular formula is C15H15BrCl2N2S. The Morgan fingerprint density at radius 3 is 2.43 bits per heavy atom. The Morgan fingerprint density at radius 1 is 1.14 bits per heavy atom. The monoisotopic (exact) mass is 404 g/mol. The Hall–Kier alpha value is -0.230. The molecule has 1 unspecified atom stereocenters. The highest BCUT2D eigenvalue weighted by Crippen LogP contribution is 2.27. The number of hydrogen-bond acceptors (Lipinski definition) is 3. The molecule has 0 fully saturated rings. The van der Waals surface area contributed by atoms with Crippen molar-refractivity contribution in [1.82, 2.24) is 5.43 Å². The maximum atomic E-state index is 6.20. The van der Waals surface area contributed by atoms with Gasteiger partial charge in [0.25, 0.3) is 0 Å². The first-order valence-electron chi connectivity index (χ1n) is 6.37. The Balaban J connectivity index is 2.00. The van der Waals surface area contributed by atoms with Crippen LogP contribution in [0.4, 0.5) is 0 Å². The van der Waals surface area contributed by atoms with Crippen LogP contribution in [0.15, 0.2) is 51.8 Å². The molecule has 0 saturated carbocycles. The van der Waals surface area contributed by atoms with E-state index in [1.807, 2.05) is 30.3 Å². The van der Waals surface area contributed by atoms with Crippen LogP contribution in [0.25, 0.3) is 0 Å². The van der Waals surface area contributed by atoms with Crippen molar-refractivity contribution >= 4 is 50.9 Å². The van der Waals surface area contributed by atoms with Crippen LogP contribution in [-0.2, 0) is 6.42 Å². The van der Waals surface area contributed by atoms with E-state index in [0.717, 1.165) is 15.8 Å². The zero-order valence-corrected chi connectivity index (χ0v) is 15.1. The summed E-state index contributed by atoms with van der Waals surface area (Å²) in [5.74, 6) is 6.48. The summed E-state index contributed by atoms with van der Waals surface area (Å²) in [6, 6.07) is 13.8. The second-order valence-electron chi connectivity index (χ2n) is 4.54. The minimum Gasteiger partial charge on any atom is -0.271 e. The summed E-state index contributed by atoms with van der Waals surface area (Å²) in [6.45, 7) is 0. The molecule has 0 spiro atoms. The summed E-state index contributed by atoms with van der Waals surface area (Å²) in [6.07, 6.45) is 0.690. The van der Waals surface area contributed by atoms with Crippen molar-refractivity contribution in [3.63, 3.8) is 0 Å². The Bertz CT molecular complexity index is 590. The lowest BCUT2D eigenvalue weighted by Crippen LogP contribution is -2.38. The van der Waals surface area contributed by atoms with Gasteiger partial charge >= 0.3 is 0 Å². The second-order valence-corrected chi connectivity index (χ2v) is 7.36. The fourth-order valence-electron chi connectivity index (χ4n) is 1.89. The van der Waals surface area contributed by atoms with Crippen molar-refractivity contribution in [3.05, 3.63) is 62.5 Å². The first-order chi connectivity index (χ1) is 10.1. The topological polar surface area (TPSA) is 38.0 Å². The van der Waals surface area contributed by atoms with Crippen molar-refractivity contribution in [3.8, 4) is 0 Å². The number of thioether (sulfide) groups is 1. The molecule has 1 atom stereocenters. The standard InChI is InChI=1S/C15H15BrCl2N2S/c16-10-3-1-4-12(7-10)21-9-11(20-19)8-13-14(17)5-2-6-15(13)18/h1-7,11,20H,8-9,19H2. The highest BCUT2D eigenvalue weighted by molar-refractivity contribution is 9.10. The largest absolute Gasteiger partial charge is 0.271 e. The molecule has 2 nitrogen and oxygen atoms in total. The summed E-state index contributed by atoms with van der Waals surface area (Å²) in [5.41, 5.74) is 3.77. The Kier molecular flexibility index (Phi) is 6.86. The quantitative estimate of drug-likeness (QED) is 0.406. The highest BCUT2D eigenvalue weighted by atomic mass is 79.9. The van der Waals surface area contributed by atoms with E-state index in [4.69, 9.17) is 29.0 Å². The van der Waals surface area contributed by atoms with Gasteiger partial charge in [-0.05, 0) is 42.3 Å². The van der Waals surface area contributed by atoms with Gasteiger partial charge in [0.15, 0.2) is 0 Å². The molecule has 0 aliphatic carbocycles. The molecule has 2 aromatic carbocycles. The first kappa shape index (κ1) is 17.1. The van der Waals surface area contributed by atoms with Crippen LogP contribution in [0, 0.1) is 0 Å². The molecule has 0 bridgehead atoms. The number of nitrogens with two attached hydrogens (primary N) is 1. The number of nitrogens with one attached hydrogen (secondary N) is 1. The van der Waals surface area contributed by atoms with E-state index < -0.39 is 0 Å². The van der Waals surface area contributed by atoms with E-state index in [-0.39, 0.29) is 6.04 Å². The van der Waals surface area contributed by atoms with Crippen LogP contribution >= 0.6 is 50.9 Å². The second kappa shape index (κ2) is 8.42. The van der Waals surface area contributed by atoms with Gasteiger partial charge in [0.1, 0.15) is 0 Å². The smallest absolute Gasteiger partial charge is 0.0453 e. The first-order valence-corrected chi connectivity index (χ1v) is 8.91. The van der Waals surface area contributed by atoms with Crippen molar-refractivity contribution in [2.75, 3.05) is 5.75 Å². The summed E-state index contributed by atoms with van der Waals surface area (Å²) in [5, 5.41) is 1.35. The molecule has 0 aliphatic heterocycles. The molecule has 0 amide bonds. The van der Waals surface area contributed by atoms with Gasteiger partial charge in [-0.3, -0.25) is 11.3 Å². The molecule has 0 aromatic heterocycles. The predicted octanol–water partition coefficient (Wildman–Crippen LogP) is 4.92. The number of halogens is 3. The average molecular weight is 406 g/mol. The fourth-order valence-corrected chi connectivity index (χ4v) is 3.99. The number of hydrogen-bond donors (Lipinski definition) is 2. The Morgan fingerprint density at radius 2 is 1.81 bits per heavy atom. The van der Waals surface area contributed by atoms with Gasteiger partial charge in [-0.1, -0.05) is 51.3 Å². The highest BCUT2D eigenvalue weighted by Gasteiger charge is 2.13. The third-order valence-electron chi connectivity index (χ3n) is 3.00. The molecule has 112 valence electrons. The SMILES string of the molecule is NNC(CSc1cccc(Br)c1)Cc1c(Cl)cccc1Cl. The van der Waals surface area contributed by atoms with E-state index >= 15 is 0 Å². The van der Waals surface area contributed by atoms with E-state index in [0.29, 0.717) is 16.5 Å². The maximum Gasteiger partial charge on any atom is 0.0453 e. The summed E-state index contributed by atoms with van der Waals surface area (Å²) in [7, 11) is 0. The molecule has 2 rings (SSSR count). The van der Waals surface area contributed by atoms with Crippen LogP contribution in [0.2, 0.25) is 10.0 Å². The van der Waals surface area contributed by atoms with E-state index in [1.165, 1.54) is 4.90 Å². The number of benzene rings is 2. The van der Waals surface area contributed by atoms with Gasteiger partial charge in [-0.2, -0.15) is 0 Å². The lowest BCUT2D eigenvalue weighted by molar-refractivity contribution is 0.575. The van der Waals surface area contributed by atoms with Gasteiger partial charge in [0.05, 0.1) is 0 Å². The zero-order valence-electron chi connectivity index (χ0n) is 11.2. The van der Waals surface area contributed by atoms with Crippen LogP contribution in [0.3, 0.4) is 0 Å². The molecule has 6 heteroatoms. The van der Waals surface area contributed by atoms with Gasteiger partial charge < -0.3 is 0 Å². The average Bonchev–Trinajstić information content (AvgIpc) is 2.46. The van der Waals surface area contributed by atoms with E-state index in [1.54, 1.807) is 11.8 Å². The molecule has 2 aromatic rings. The van der Waals surface area contributed by atoms with Crippen LogP contribution in [0.5, 0.6) is 0 Å². The summed E-state index contributed by atoms with van der Waals surface area (Å²) in [4.78, 5) is 1.19. The van der Waals surface area contributed by atoms with Gasteiger partial charge in [0, 0.05) is 31.2 Å². The Labute approximate surface area is 147 Å². The molecule has 0 radical (unpaired) electrons. The lowest BCUT2D eigenvalue weighted by Gasteiger charge is -2.17. The zero-order chi connectivity index (χ0) is 15.2. The van der Waals surface area contributed by atoms with Crippen LogP contribution in [-0.4, -0.2) is 11.8 Å². The van der Waals surface area contributed by atoms with Gasteiger partial charge in [-0.25, -0.2) is 0 Å². The minimum atomic E-state index is 0.0892. The van der Waals surface area contributed by atoms with E-state index in [9.17, 15) is 0 Å². The predicted molar refractivity (Wildman–Crippen MR) is 96.1 cm³/mol. The number of hydrazine groups is 1. The normalized spacial score (nSPS) is 12.4. The molecule has 21 heavy (non-hydrogen) atoms. The lowest BCUT2D eigenvalue weighted by atomic mass is 10.1. The molecule has 0 aliphatic rings. The van der Waals surface area contributed by atoms with Crippen LogP contribution in [0.1, 0.15) is 5.56 Å². The minimum absolute atomic E-state index is 0.0892. The summed E-state index contributed by atoms with van der Waals surface area (Å²) >= 11 is 17.6. The van der Waals surface area contributed by atoms with Crippen molar-refractivity contribution in [1.29, 1.82) is 0 Å². The molecular weight excluding hydrogens is 391 g/mol. The van der Waals surface area contributed by atoms with Gasteiger partial charge in [0.2, 0.25) is 0 Å². The number of rotatable bonds is 6. The third-order valence-corrected chi connectivity index (χ3v) is 5.35. The molecule has 0 heterocycles.